The Hall–Kier alpha value is -2.96. The first kappa shape index (κ1) is 20.0. The van der Waals surface area contributed by atoms with Gasteiger partial charge in [-0.05, 0) is 48.4 Å². The molecule has 3 unspecified atom stereocenters. The van der Waals surface area contributed by atoms with Crippen LogP contribution in [0.3, 0.4) is 0 Å². The zero-order chi connectivity index (χ0) is 21.0. The summed E-state index contributed by atoms with van der Waals surface area (Å²) in [6, 6.07) is 4.65. The third-order valence-corrected chi connectivity index (χ3v) is 6.64. The molecular weight excluding hydrogens is 384 g/mol. The van der Waals surface area contributed by atoms with Crippen LogP contribution in [0.2, 0.25) is 0 Å². The lowest BCUT2D eigenvalue weighted by molar-refractivity contribution is 0.0758. The molecule has 6 nitrogen and oxygen atoms in total. The molecule has 5 rings (SSSR count). The Morgan fingerprint density at radius 1 is 1.16 bits per heavy atom. The predicted molar refractivity (Wildman–Crippen MR) is 122 cm³/mol. The molecule has 0 aliphatic heterocycles. The first-order chi connectivity index (χ1) is 15.3. The summed E-state index contributed by atoms with van der Waals surface area (Å²) in [5.41, 5.74) is 11.0. The maximum atomic E-state index is 6.05. The minimum Gasteiger partial charge on any atom is -0.367 e. The van der Waals surface area contributed by atoms with Gasteiger partial charge in [-0.1, -0.05) is 30.4 Å². The van der Waals surface area contributed by atoms with Gasteiger partial charge in [0.05, 0.1) is 17.8 Å². The van der Waals surface area contributed by atoms with Crippen molar-refractivity contribution >= 4 is 0 Å². The van der Waals surface area contributed by atoms with Crippen molar-refractivity contribution < 1.29 is 0 Å². The fourth-order valence-corrected chi connectivity index (χ4v) is 5.15. The zero-order valence-corrected chi connectivity index (χ0v) is 17.7. The summed E-state index contributed by atoms with van der Waals surface area (Å²) >= 11 is 0. The summed E-state index contributed by atoms with van der Waals surface area (Å²) in [6.07, 6.45) is 23.1. The summed E-state index contributed by atoms with van der Waals surface area (Å²) in [4.78, 5) is 18.9. The Labute approximate surface area is 183 Å². The topological polar surface area (TPSA) is 86.6 Å². The van der Waals surface area contributed by atoms with Crippen LogP contribution in [0.1, 0.15) is 59.6 Å². The molecule has 6 heteroatoms. The highest BCUT2D eigenvalue weighted by Crippen LogP contribution is 2.43. The maximum absolute atomic E-state index is 6.05. The van der Waals surface area contributed by atoms with Gasteiger partial charge in [0.2, 0.25) is 0 Å². The van der Waals surface area contributed by atoms with E-state index >= 15 is 0 Å². The summed E-state index contributed by atoms with van der Waals surface area (Å²) in [5.74, 6) is 1.35. The number of pyridine rings is 1. The van der Waals surface area contributed by atoms with Crippen molar-refractivity contribution in [2.75, 3.05) is 0 Å². The number of hydrogen-bond acceptors (Lipinski definition) is 4. The molecule has 0 spiro atoms. The van der Waals surface area contributed by atoms with E-state index in [1.807, 2.05) is 24.8 Å². The SMILES string of the molecule is NCc1c[nH]cc1CN(C1CCCc2cccnc21)C(c1ncc[nH]1)C1C=CC=CC1. The van der Waals surface area contributed by atoms with E-state index in [0.29, 0.717) is 12.5 Å². The molecule has 2 aliphatic carbocycles. The molecule has 0 amide bonds. The van der Waals surface area contributed by atoms with Crippen LogP contribution >= 0.6 is 0 Å². The second-order valence-corrected chi connectivity index (χ2v) is 8.47. The number of aromatic amines is 2. The van der Waals surface area contributed by atoms with Crippen LogP contribution in [0.15, 0.2) is 67.4 Å². The quantitative estimate of drug-likeness (QED) is 0.537. The molecule has 3 heterocycles. The minimum atomic E-state index is 0.120. The smallest absolute Gasteiger partial charge is 0.124 e. The van der Waals surface area contributed by atoms with Crippen LogP contribution < -0.4 is 5.73 Å². The molecule has 3 atom stereocenters. The van der Waals surface area contributed by atoms with Crippen molar-refractivity contribution in [3.63, 3.8) is 0 Å². The summed E-state index contributed by atoms with van der Waals surface area (Å²) in [7, 11) is 0. The number of nitrogens with zero attached hydrogens (tertiary/aromatic N) is 3. The van der Waals surface area contributed by atoms with Crippen molar-refractivity contribution in [1.29, 1.82) is 0 Å². The minimum absolute atomic E-state index is 0.120. The number of H-pyrrole nitrogens is 2. The lowest BCUT2D eigenvalue weighted by Gasteiger charge is -2.42. The van der Waals surface area contributed by atoms with Gasteiger partial charge in [-0.3, -0.25) is 9.88 Å². The second-order valence-electron chi connectivity index (χ2n) is 8.47. The maximum Gasteiger partial charge on any atom is 0.124 e. The second kappa shape index (κ2) is 9.04. The van der Waals surface area contributed by atoms with E-state index in [9.17, 15) is 0 Å². The van der Waals surface area contributed by atoms with Gasteiger partial charge in [-0.15, -0.1) is 0 Å². The van der Waals surface area contributed by atoms with Gasteiger partial charge < -0.3 is 15.7 Å². The highest BCUT2D eigenvalue weighted by molar-refractivity contribution is 5.29. The van der Waals surface area contributed by atoms with Gasteiger partial charge in [-0.25, -0.2) is 4.98 Å². The average Bonchev–Trinajstić information content (AvgIpc) is 3.51. The van der Waals surface area contributed by atoms with E-state index < -0.39 is 0 Å². The molecule has 2 aliphatic rings. The van der Waals surface area contributed by atoms with Crippen LogP contribution in [-0.4, -0.2) is 24.8 Å². The molecule has 0 radical (unpaired) electrons. The number of nitrogens with one attached hydrogen (secondary N) is 2. The Kier molecular flexibility index (Phi) is 5.82. The molecule has 160 valence electrons. The van der Waals surface area contributed by atoms with Gasteiger partial charge >= 0.3 is 0 Å². The summed E-state index contributed by atoms with van der Waals surface area (Å²) in [5, 5.41) is 0. The van der Waals surface area contributed by atoms with Crippen LogP contribution in [0, 0.1) is 5.92 Å². The summed E-state index contributed by atoms with van der Waals surface area (Å²) < 4.78 is 0. The first-order valence-corrected chi connectivity index (χ1v) is 11.2. The van der Waals surface area contributed by atoms with Gasteiger partial charge in [-0.2, -0.15) is 0 Å². The van der Waals surface area contributed by atoms with Gasteiger partial charge in [0.25, 0.3) is 0 Å². The van der Waals surface area contributed by atoms with E-state index in [0.717, 1.165) is 31.6 Å². The summed E-state index contributed by atoms with van der Waals surface area (Å²) in [6.45, 7) is 1.33. The third-order valence-electron chi connectivity index (χ3n) is 6.64. The molecule has 4 N–H and O–H groups in total. The molecule has 0 bridgehead atoms. The lowest BCUT2D eigenvalue weighted by atomic mass is 9.85. The van der Waals surface area contributed by atoms with E-state index in [4.69, 9.17) is 15.7 Å². The zero-order valence-electron chi connectivity index (χ0n) is 17.7. The van der Waals surface area contributed by atoms with Crippen molar-refractivity contribution in [3.8, 4) is 0 Å². The van der Waals surface area contributed by atoms with Gasteiger partial charge in [0, 0.05) is 50.0 Å². The number of allylic oxidation sites excluding steroid dienone is 3. The molecule has 0 saturated carbocycles. The lowest BCUT2D eigenvalue weighted by Crippen LogP contribution is -2.39. The van der Waals surface area contributed by atoms with E-state index in [1.54, 1.807) is 0 Å². The van der Waals surface area contributed by atoms with Crippen LogP contribution in [0.25, 0.3) is 0 Å². The number of hydrogen-bond donors (Lipinski definition) is 3. The molecule has 0 saturated heterocycles. The largest absolute Gasteiger partial charge is 0.367 e. The van der Waals surface area contributed by atoms with E-state index in [1.165, 1.54) is 28.8 Å². The van der Waals surface area contributed by atoms with Crippen molar-refractivity contribution in [2.24, 2.45) is 11.7 Å². The number of fused-ring (bicyclic) bond motifs is 1. The molecular formula is C25H30N6. The Morgan fingerprint density at radius 2 is 2.10 bits per heavy atom. The van der Waals surface area contributed by atoms with Crippen molar-refractivity contribution in [2.45, 2.75) is 50.9 Å². The molecule has 3 aromatic rings. The highest BCUT2D eigenvalue weighted by Gasteiger charge is 2.37. The van der Waals surface area contributed by atoms with E-state index in [-0.39, 0.29) is 12.1 Å². The van der Waals surface area contributed by atoms with Crippen LogP contribution in [0.4, 0.5) is 0 Å². The third kappa shape index (κ3) is 4.01. The number of aromatic nitrogens is 4. The van der Waals surface area contributed by atoms with Crippen LogP contribution in [0.5, 0.6) is 0 Å². The Bertz CT molecular complexity index is 1050. The Balaban J connectivity index is 1.60. The van der Waals surface area contributed by atoms with Crippen molar-refractivity contribution in [3.05, 3.63) is 95.6 Å². The number of imidazole rings is 1. The number of rotatable bonds is 7. The molecule has 31 heavy (non-hydrogen) atoms. The average molecular weight is 415 g/mol. The van der Waals surface area contributed by atoms with Gasteiger partial charge in [0.1, 0.15) is 5.82 Å². The molecule has 0 aromatic carbocycles. The van der Waals surface area contributed by atoms with Crippen LogP contribution in [-0.2, 0) is 19.5 Å². The van der Waals surface area contributed by atoms with Gasteiger partial charge in [0.15, 0.2) is 0 Å². The molecule has 3 aromatic heterocycles. The highest BCUT2D eigenvalue weighted by atomic mass is 15.2. The Morgan fingerprint density at radius 3 is 2.90 bits per heavy atom. The number of aryl methyl sites for hydroxylation is 1. The molecule has 0 fully saturated rings. The number of nitrogens with two attached hydrogens (primary N) is 1. The fourth-order valence-electron chi connectivity index (χ4n) is 5.15. The normalized spacial score (nSPS) is 21.4. The van der Waals surface area contributed by atoms with Crippen molar-refractivity contribution in [1.82, 2.24) is 24.8 Å². The van der Waals surface area contributed by atoms with E-state index in [2.05, 4.69) is 57.5 Å². The fraction of sp³-hybridized carbons (Fsp3) is 0.360. The standard InChI is InChI=1S/C25H30N6/c26-14-20-15-27-16-21(20)17-31(22-10-4-8-18-9-5-11-28-23(18)22)24(25-29-12-13-30-25)19-6-2-1-3-7-19/h1-3,5-6,9,11-13,15-16,19,22,24,27H,4,7-8,10,14,17,26H2,(H,29,30). The monoisotopic (exact) mass is 414 g/mol. The predicted octanol–water partition coefficient (Wildman–Crippen LogP) is 4.34. The first-order valence-electron chi connectivity index (χ1n) is 11.2.